The fourth-order valence-electron chi connectivity index (χ4n) is 2.27. The Labute approximate surface area is 160 Å². The molecule has 0 radical (unpaired) electrons. The van der Waals surface area contributed by atoms with Crippen LogP contribution in [0.4, 0.5) is 28.7 Å². The molecule has 0 unspecified atom stereocenters. The molecule has 6 nitrogen and oxygen atoms in total. The Morgan fingerprint density at radius 1 is 0.885 bits per heavy atom. The second-order valence-corrected chi connectivity index (χ2v) is 6.21. The van der Waals surface area contributed by atoms with Crippen molar-refractivity contribution in [3.63, 3.8) is 0 Å². The quantitative estimate of drug-likeness (QED) is 0.558. The number of rotatable bonds is 5. The average Bonchev–Trinajstić information content (AvgIpc) is 2.58. The van der Waals surface area contributed by atoms with Crippen LogP contribution in [-0.4, -0.2) is 15.9 Å². The van der Waals surface area contributed by atoms with Gasteiger partial charge in [0, 0.05) is 24.4 Å². The van der Waals surface area contributed by atoms with Crippen molar-refractivity contribution in [1.29, 1.82) is 0 Å². The van der Waals surface area contributed by atoms with Gasteiger partial charge in [0.2, 0.25) is 5.91 Å². The summed E-state index contributed by atoms with van der Waals surface area (Å²) >= 11 is 12.3. The highest BCUT2D eigenvalue weighted by Gasteiger charge is 2.07. The fourth-order valence-corrected chi connectivity index (χ4v) is 2.76. The van der Waals surface area contributed by atoms with Crippen LogP contribution in [0.1, 0.15) is 6.92 Å². The predicted molar refractivity (Wildman–Crippen MR) is 106 cm³/mol. The standard InChI is InChI=1S/C18H15Cl2N5O/c1-11(26)23-12-4-2-5-13(8-12)24-16-9-17(22-10-21-16)25-18-14(19)6-3-7-15(18)20/h2-10H,1H3,(H,23,26)(H2,21,22,24,25). The third-order valence-electron chi connectivity index (χ3n) is 3.34. The first kappa shape index (κ1) is 18.0. The number of anilines is 5. The van der Waals surface area contributed by atoms with Gasteiger partial charge in [0.15, 0.2) is 0 Å². The first-order chi connectivity index (χ1) is 12.5. The number of para-hydroxylation sites is 1. The molecule has 2 aromatic carbocycles. The number of benzene rings is 2. The molecular weight excluding hydrogens is 373 g/mol. The van der Waals surface area contributed by atoms with Crippen LogP contribution < -0.4 is 16.0 Å². The second-order valence-electron chi connectivity index (χ2n) is 5.40. The number of hydrogen-bond donors (Lipinski definition) is 3. The summed E-state index contributed by atoms with van der Waals surface area (Å²) in [5.41, 5.74) is 2.04. The molecule has 8 heteroatoms. The van der Waals surface area contributed by atoms with Gasteiger partial charge in [-0.25, -0.2) is 9.97 Å². The van der Waals surface area contributed by atoms with E-state index in [1.165, 1.54) is 13.3 Å². The largest absolute Gasteiger partial charge is 0.340 e. The van der Waals surface area contributed by atoms with E-state index in [1.54, 1.807) is 30.3 Å². The second kappa shape index (κ2) is 8.03. The molecule has 0 fully saturated rings. The van der Waals surface area contributed by atoms with Crippen LogP contribution in [0.15, 0.2) is 54.9 Å². The van der Waals surface area contributed by atoms with E-state index < -0.39 is 0 Å². The van der Waals surface area contributed by atoms with Gasteiger partial charge in [-0.15, -0.1) is 0 Å². The Morgan fingerprint density at radius 2 is 1.50 bits per heavy atom. The minimum Gasteiger partial charge on any atom is -0.340 e. The van der Waals surface area contributed by atoms with Crippen LogP contribution in [-0.2, 0) is 4.79 Å². The Morgan fingerprint density at radius 3 is 2.19 bits per heavy atom. The highest BCUT2D eigenvalue weighted by atomic mass is 35.5. The minimum absolute atomic E-state index is 0.132. The molecule has 1 heterocycles. The zero-order valence-electron chi connectivity index (χ0n) is 13.8. The van der Waals surface area contributed by atoms with E-state index >= 15 is 0 Å². The SMILES string of the molecule is CC(=O)Nc1cccc(Nc2cc(Nc3c(Cl)cccc3Cl)ncn2)c1. The third kappa shape index (κ3) is 4.62. The molecule has 0 aliphatic rings. The summed E-state index contributed by atoms with van der Waals surface area (Å²) < 4.78 is 0. The van der Waals surface area contributed by atoms with Crippen molar-refractivity contribution >= 4 is 57.8 Å². The summed E-state index contributed by atoms with van der Waals surface area (Å²) in [5.74, 6) is 0.980. The Kier molecular flexibility index (Phi) is 5.55. The van der Waals surface area contributed by atoms with E-state index in [0.717, 1.165) is 5.69 Å². The van der Waals surface area contributed by atoms with Gasteiger partial charge in [0.25, 0.3) is 0 Å². The van der Waals surface area contributed by atoms with Crippen molar-refractivity contribution in [3.05, 3.63) is 64.9 Å². The molecule has 0 saturated carbocycles. The van der Waals surface area contributed by atoms with Crippen molar-refractivity contribution < 1.29 is 4.79 Å². The number of carbonyl (C=O) groups excluding carboxylic acids is 1. The van der Waals surface area contributed by atoms with Gasteiger partial charge >= 0.3 is 0 Å². The fraction of sp³-hybridized carbons (Fsp3) is 0.0556. The monoisotopic (exact) mass is 387 g/mol. The molecule has 3 N–H and O–H groups in total. The summed E-state index contributed by atoms with van der Waals surface area (Å²) in [5, 5.41) is 9.98. The lowest BCUT2D eigenvalue weighted by atomic mass is 10.2. The van der Waals surface area contributed by atoms with Crippen LogP contribution in [0.25, 0.3) is 0 Å². The zero-order valence-corrected chi connectivity index (χ0v) is 15.3. The molecule has 26 heavy (non-hydrogen) atoms. The molecule has 3 rings (SSSR count). The lowest BCUT2D eigenvalue weighted by Gasteiger charge is -2.11. The van der Waals surface area contributed by atoms with E-state index in [9.17, 15) is 4.79 Å². The summed E-state index contributed by atoms with van der Waals surface area (Å²) in [7, 11) is 0. The number of hydrogen-bond acceptors (Lipinski definition) is 5. The van der Waals surface area contributed by atoms with Gasteiger partial charge in [-0.2, -0.15) is 0 Å². The minimum atomic E-state index is -0.132. The lowest BCUT2D eigenvalue weighted by Crippen LogP contribution is -2.06. The molecule has 0 saturated heterocycles. The van der Waals surface area contributed by atoms with Crippen molar-refractivity contribution in [2.75, 3.05) is 16.0 Å². The number of nitrogens with zero attached hydrogens (tertiary/aromatic N) is 2. The number of nitrogens with one attached hydrogen (secondary N) is 3. The molecule has 0 bridgehead atoms. The van der Waals surface area contributed by atoms with Crippen molar-refractivity contribution in [3.8, 4) is 0 Å². The van der Waals surface area contributed by atoms with E-state index in [1.807, 2.05) is 18.2 Å². The zero-order chi connectivity index (χ0) is 18.5. The van der Waals surface area contributed by atoms with Gasteiger partial charge in [0.1, 0.15) is 18.0 Å². The first-order valence-corrected chi connectivity index (χ1v) is 8.44. The van der Waals surface area contributed by atoms with E-state index in [-0.39, 0.29) is 5.91 Å². The van der Waals surface area contributed by atoms with Gasteiger partial charge < -0.3 is 16.0 Å². The molecule has 0 atom stereocenters. The van der Waals surface area contributed by atoms with E-state index in [0.29, 0.717) is 33.1 Å². The maximum atomic E-state index is 11.2. The normalized spacial score (nSPS) is 10.3. The number of aromatic nitrogens is 2. The van der Waals surface area contributed by atoms with Crippen LogP contribution in [0, 0.1) is 0 Å². The molecular formula is C18H15Cl2N5O. The van der Waals surface area contributed by atoms with Gasteiger partial charge in [-0.1, -0.05) is 35.3 Å². The molecule has 1 amide bonds. The molecule has 3 aromatic rings. The Balaban J connectivity index is 1.79. The summed E-state index contributed by atoms with van der Waals surface area (Å²) in [4.78, 5) is 19.5. The highest BCUT2D eigenvalue weighted by Crippen LogP contribution is 2.32. The maximum Gasteiger partial charge on any atom is 0.221 e. The van der Waals surface area contributed by atoms with E-state index in [2.05, 4.69) is 25.9 Å². The predicted octanol–water partition coefficient (Wildman–Crippen LogP) is 5.23. The van der Waals surface area contributed by atoms with Crippen LogP contribution in [0.2, 0.25) is 10.0 Å². The Hall–Kier alpha value is -2.83. The van der Waals surface area contributed by atoms with Gasteiger partial charge in [-0.3, -0.25) is 4.79 Å². The van der Waals surface area contributed by atoms with Crippen molar-refractivity contribution in [1.82, 2.24) is 9.97 Å². The highest BCUT2D eigenvalue weighted by molar-refractivity contribution is 6.39. The van der Waals surface area contributed by atoms with Crippen molar-refractivity contribution in [2.24, 2.45) is 0 Å². The first-order valence-electron chi connectivity index (χ1n) is 7.69. The summed E-state index contributed by atoms with van der Waals surface area (Å²) in [6.45, 7) is 1.46. The van der Waals surface area contributed by atoms with Gasteiger partial charge in [0.05, 0.1) is 15.7 Å². The smallest absolute Gasteiger partial charge is 0.221 e. The maximum absolute atomic E-state index is 11.2. The molecule has 0 aliphatic heterocycles. The van der Waals surface area contributed by atoms with E-state index in [4.69, 9.17) is 23.2 Å². The number of halogens is 2. The molecule has 0 aliphatic carbocycles. The summed E-state index contributed by atoms with van der Waals surface area (Å²) in [6.07, 6.45) is 1.42. The van der Waals surface area contributed by atoms with Crippen molar-refractivity contribution in [2.45, 2.75) is 6.92 Å². The summed E-state index contributed by atoms with van der Waals surface area (Å²) in [6, 6.07) is 14.3. The number of carbonyl (C=O) groups is 1. The van der Waals surface area contributed by atoms with Crippen LogP contribution >= 0.6 is 23.2 Å². The lowest BCUT2D eigenvalue weighted by molar-refractivity contribution is -0.114. The Bertz CT molecular complexity index is 928. The van der Waals surface area contributed by atoms with Gasteiger partial charge in [-0.05, 0) is 30.3 Å². The number of amides is 1. The molecule has 132 valence electrons. The third-order valence-corrected chi connectivity index (χ3v) is 3.97. The van der Waals surface area contributed by atoms with Crippen LogP contribution in [0.3, 0.4) is 0 Å². The molecule has 0 spiro atoms. The average molecular weight is 388 g/mol. The van der Waals surface area contributed by atoms with Crippen LogP contribution in [0.5, 0.6) is 0 Å². The molecule has 1 aromatic heterocycles. The topological polar surface area (TPSA) is 78.9 Å².